The number of nitrogens with two attached hydrogens (primary N) is 1. The maximum absolute atomic E-state index is 12.1. The molecule has 1 fully saturated rings. The lowest BCUT2D eigenvalue weighted by molar-refractivity contribution is 0.0935. The van der Waals surface area contributed by atoms with Crippen LogP contribution in [0.1, 0.15) is 28.8 Å². The monoisotopic (exact) mass is 446 g/mol. The number of nitrogens with zero attached hydrogens (tertiary/aromatic N) is 2. The SMILES string of the molecule is COCCNC(=O)c1ccc(OC2CCN(Cc3cccc(N)c3N=O)CC2)c(Cl)c1. The molecule has 1 aliphatic rings. The summed E-state index contributed by atoms with van der Waals surface area (Å²) in [6.07, 6.45) is 1.67. The van der Waals surface area contributed by atoms with Crippen LogP contribution in [-0.2, 0) is 11.3 Å². The van der Waals surface area contributed by atoms with E-state index >= 15 is 0 Å². The van der Waals surface area contributed by atoms with Gasteiger partial charge in [0.25, 0.3) is 5.91 Å². The van der Waals surface area contributed by atoms with E-state index in [-0.39, 0.29) is 12.0 Å². The molecule has 0 aromatic heterocycles. The summed E-state index contributed by atoms with van der Waals surface area (Å²) in [7, 11) is 1.58. The number of nitrogen functional groups attached to an aromatic ring is 1. The summed E-state index contributed by atoms with van der Waals surface area (Å²) in [6.45, 7) is 3.13. The average molecular weight is 447 g/mol. The largest absolute Gasteiger partial charge is 0.489 e. The number of nitrogens with one attached hydrogen (secondary N) is 1. The molecule has 0 bridgehead atoms. The predicted octanol–water partition coefficient (Wildman–Crippen LogP) is 3.74. The van der Waals surface area contributed by atoms with E-state index in [0.29, 0.717) is 47.4 Å². The zero-order valence-electron chi connectivity index (χ0n) is 17.5. The Kier molecular flexibility index (Phi) is 8.22. The van der Waals surface area contributed by atoms with E-state index in [9.17, 15) is 9.70 Å². The van der Waals surface area contributed by atoms with E-state index in [2.05, 4.69) is 15.4 Å². The number of halogens is 1. The molecule has 8 nitrogen and oxygen atoms in total. The third-order valence-electron chi connectivity index (χ3n) is 5.25. The van der Waals surface area contributed by atoms with Crippen molar-refractivity contribution in [3.05, 3.63) is 57.5 Å². The van der Waals surface area contributed by atoms with Gasteiger partial charge in [-0.1, -0.05) is 23.7 Å². The van der Waals surface area contributed by atoms with Crippen LogP contribution in [0.25, 0.3) is 0 Å². The second-order valence-electron chi connectivity index (χ2n) is 7.43. The summed E-state index contributed by atoms with van der Waals surface area (Å²) in [5.74, 6) is 0.362. The van der Waals surface area contributed by atoms with Crippen LogP contribution in [0.5, 0.6) is 5.75 Å². The van der Waals surface area contributed by atoms with Crippen molar-refractivity contribution in [2.24, 2.45) is 5.18 Å². The van der Waals surface area contributed by atoms with Gasteiger partial charge in [0, 0.05) is 38.9 Å². The first-order chi connectivity index (χ1) is 15.0. The summed E-state index contributed by atoms with van der Waals surface area (Å²) >= 11 is 6.35. The van der Waals surface area contributed by atoms with Crippen molar-refractivity contribution in [3.8, 4) is 5.75 Å². The molecule has 0 aliphatic carbocycles. The maximum atomic E-state index is 12.1. The van der Waals surface area contributed by atoms with Gasteiger partial charge >= 0.3 is 0 Å². The first kappa shape index (κ1) is 23.0. The first-order valence-corrected chi connectivity index (χ1v) is 10.6. The molecular weight excluding hydrogens is 420 g/mol. The first-order valence-electron chi connectivity index (χ1n) is 10.2. The lowest BCUT2D eigenvalue weighted by Crippen LogP contribution is -2.37. The highest BCUT2D eigenvalue weighted by Gasteiger charge is 2.23. The minimum atomic E-state index is -0.204. The van der Waals surface area contributed by atoms with Crippen molar-refractivity contribution in [2.45, 2.75) is 25.5 Å². The highest BCUT2D eigenvalue weighted by Crippen LogP contribution is 2.30. The molecule has 1 aliphatic heterocycles. The van der Waals surface area contributed by atoms with Crippen molar-refractivity contribution in [1.82, 2.24) is 10.2 Å². The van der Waals surface area contributed by atoms with Gasteiger partial charge < -0.3 is 20.5 Å². The molecule has 166 valence electrons. The molecule has 0 saturated carbocycles. The molecular formula is C22H27ClN4O4. The maximum Gasteiger partial charge on any atom is 0.251 e. The lowest BCUT2D eigenvalue weighted by Gasteiger charge is -2.32. The number of carbonyl (C=O) groups is 1. The van der Waals surface area contributed by atoms with E-state index in [1.807, 2.05) is 12.1 Å². The Morgan fingerprint density at radius 3 is 2.74 bits per heavy atom. The number of hydrogen-bond acceptors (Lipinski definition) is 7. The molecule has 0 unspecified atom stereocenters. The van der Waals surface area contributed by atoms with Gasteiger partial charge in [0.1, 0.15) is 17.5 Å². The minimum Gasteiger partial charge on any atom is -0.489 e. The number of anilines is 1. The molecule has 2 aromatic rings. The quantitative estimate of drug-likeness (QED) is 0.345. The topological polar surface area (TPSA) is 106 Å². The molecule has 9 heteroatoms. The normalized spacial score (nSPS) is 14.9. The number of rotatable bonds is 9. The number of benzene rings is 2. The number of carbonyl (C=O) groups excluding carboxylic acids is 1. The molecule has 2 aromatic carbocycles. The van der Waals surface area contributed by atoms with E-state index in [1.165, 1.54) is 0 Å². The van der Waals surface area contributed by atoms with Gasteiger partial charge in [-0.2, -0.15) is 0 Å². The van der Waals surface area contributed by atoms with Crippen molar-refractivity contribution >= 4 is 28.9 Å². The van der Waals surface area contributed by atoms with Crippen LogP contribution in [0, 0.1) is 4.91 Å². The Labute approximate surface area is 186 Å². The molecule has 0 atom stereocenters. The summed E-state index contributed by atoms with van der Waals surface area (Å²) in [6, 6.07) is 10.4. The summed E-state index contributed by atoms with van der Waals surface area (Å²) < 4.78 is 11.0. The van der Waals surface area contributed by atoms with Crippen LogP contribution in [0.3, 0.4) is 0 Å². The number of piperidine rings is 1. The molecule has 0 radical (unpaired) electrons. The molecule has 0 spiro atoms. The second kappa shape index (κ2) is 11.1. The molecule has 31 heavy (non-hydrogen) atoms. The van der Waals surface area contributed by atoms with Gasteiger partial charge in [0.05, 0.1) is 17.3 Å². The zero-order chi connectivity index (χ0) is 22.2. The Balaban J connectivity index is 1.52. The molecule has 1 amide bonds. The van der Waals surface area contributed by atoms with Crippen LogP contribution >= 0.6 is 11.6 Å². The van der Waals surface area contributed by atoms with Crippen LogP contribution in [0.4, 0.5) is 11.4 Å². The van der Waals surface area contributed by atoms with Crippen molar-refractivity contribution in [3.63, 3.8) is 0 Å². The standard InChI is InChI=1S/C22H27ClN4O4/c1-30-12-9-25-22(28)15-5-6-20(18(23)13-15)31-17-7-10-27(11-8-17)14-16-3-2-4-19(24)21(16)26-29/h2-6,13,17H,7-12,14,24H2,1H3,(H,25,28). The zero-order valence-corrected chi connectivity index (χ0v) is 18.2. The Bertz CT molecular complexity index is 916. The fourth-order valence-electron chi connectivity index (χ4n) is 3.56. The van der Waals surface area contributed by atoms with Gasteiger partial charge in [-0.05, 0) is 47.8 Å². The van der Waals surface area contributed by atoms with E-state index in [1.54, 1.807) is 31.4 Å². The van der Waals surface area contributed by atoms with Crippen molar-refractivity contribution in [2.75, 3.05) is 39.1 Å². The number of hydrogen-bond donors (Lipinski definition) is 2. The van der Waals surface area contributed by atoms with Crippen LogP contribution < -0.4 is 15.8 Å². The molecule has 3 rings (SSSR count). The van der Waals surface area contributed by atoms with Gasteiger partial charge in [-0.15, -0.1) is 4.91 Å². The van der Waals surface area contributed by atoms with Gasteiger partial charge in [-0.25, -0.2) is 0 Å². The van der Waals surface area contributed by atoms with E-state index in [4.69, 9.17) is 26.8 Å². The smallest absolute Gasteiger partial charge is 0.251 e. The van der Waals surface area contributed by atoms with Crippen LogP contribution in [0.15, 0.2) is 41.6 Å². The Morgan fingerprint density at radius 1 is 1.29 bits per heavy atom. The van der Waals surface area contributed by atoms with Gasteiger partial charge in [-0.3, -0.25) is 9.69 Å². The van der Waals surface area contributed by atoms with Crippen LogP contribution in [-0.4, -0.2) is 50.3 Å². The number of nitroso groups, excluding NO2 is 1. The van der Waals surface area contributed by atoms with E-state index in [0.717, 1.165) is 31.5 Å². The summed E-state index contributed by atoms with van der Waals surface area (Å²) in [5, 5.41) is 6.25. The third-order valence-corrected chi connectivity index (χ3v) is 5.55. The predicted molar refractivity (Wildman–Crippen MR) is 121 cm³/mol. The number of likely N-dealkylation sites (tertiary alicyclic amines) is 1. The highest BCUT2D eigenvalue weighted by atomic mass is 35.5. The highest BCUT2D eigenvalue weighted by molar-refractivity contribution is 6.32. The molecule has 1 heterocycles. The minimum absolute atomic E-state index is 0.0274. The molecule has 1 saturated heterocycles. The van der Waals surface area contributed by atoms with Gasteiger partial charge in [0.2, 0.25) is 0 Å². The third kappa shape index (κ3) is 6.16. The molecule has 3 N–H and O–H groups in total. The van der Waals surface area contributed by atoms with Crippen molar-refractivity contribution < 1.29 is 14.3 Å². The Morgan fingerprint density at radius 2 is 2.06 bits per heavy atom. The lowest BCUT2D eigenvalue weighted by atomic mass is 10.1. The summed E-state index contributed by atoms with van der Waals surface area (Å²) in [5.41, 5.74) is 7.87. The number of amides is 1. The van der Waals surface area contributed by atoms with Crippen molar-refractivity contribution in [1.29, 1.82) is 0 Å². The number of methoxy groups -OCH3 is 1. The summed E-state index contributed by atoms with van der Waals surface area (Å²) in [4.78, 5) is 25.5. The average Bonchev–Trinajstić information content (AvgIpc) is 2.76. The van der Waals surface area contributed by atoms with Gasteiger partial charge in [0.15, 0.2) is 0 Å². The number of ether oxygens (including phenoxy) is 2. The Hall–Kier alpha value is -2.68. The second-order valence-corrected chi connectivity index (χ2v) is 7.84. The van der Waals surface area contributed by atoms with Crippen LogP contribution in [0.2, 0.25) is 5.02 Å². The fraction of sp³-hybridized carbons (Fsp3) is 0.409. The van der Waals surface area contributed by atoms with E-state index < -0.39 is 0 Å². The fourth-order valence-corrected chi connectivity index (χ4v) is 3.79.